The third-order valence-corrected chi connectivity index (χ3v) is 11.8. The molecular weight excluding hydrogens is 508 g/mol. The second-order valence-corrected chi connectivity index (χ2v) is 14.9. The van der Waals surface area contributed by atoms with E-state index in [0.29, 0.717) is 16.8 Å². The molecule has 6 nitrogen and oxygen atoms in total. The lowest BCUT2D eigenvalue weighted by atomic mass is 9.53. The fourth-order valence-corrected chi connectivity index (χ4v) is 11.0. The summed E-state index contributed by atoms with van der Waals surface area (Å²) in [6.07, 6.45) is 14.9. The average molecular weight is 550 g/mol. The second-order valence-electron chi connectivity index (χ2n) is 14.9. The Morgan fingerprint density at radius 1 is 0.537 bits per heavy atom. The molecule has 8 bridgehead atoms. The minimum Gasteiger partial charge on any atom is -0.347 e. The highest BCUT2D eigenvalue weighted by Gasteiger charge is 2.52. The lowest BCUT2D eigenvalue weighted by Gasteiger charge is -2.56. The molecule has 0 atom stereocenters. The van der Waals surface area contributed by atoms with Crippen LogP contribution in [0.1, 0.15) is 109 Å². The highest BCUT2D eigenvalue weighted by molar-refractivity contribution is 6.10. The number of rotatable bonds is 6. The number of nitrogens with zero attached hydrogens (tertiary/aromatic N) is 1. The van der Waals surface area contributed by atoms with Crippen LogP contribution in [0.5, 0.6) is 0 Å². The Morgan fingerprint density at radius 2 is 0.805 bits per heavy atom. The number of amides is 2. The van der Waals surface area contributed by atoms with Crippen LogP contribution in [-0.2, 0) is 0 Å². The van der Waals surface area contributed by atoms with E-state index in [-0.39, 0.29) is 22.9 Å². The van der Waals surface area contributed by atoms with Crippen molar-refractivity contribution in [3.8, 4) is 0 Å². The summed E-state index contributed by atoms with van der Waals surface area (Å²) in [4.78, 5) is 30.4. The van der Waals surface area contributed by atoms with Crippen molar-refractivity contribution in [2.24, 2.45) is 35.5 Å². The molecule has 2 amide bonds. The highest BCUT2D eigenvalue weighted by atomic mass is 16.2. The molecule has 0 unspecified atom stereocenters. The topological polar surface area (TPSA) is 96.2 Å². The molecule has 2 aromatic carbocycles. The SMILES string of the molecule is N=[N+]=C(c1ccc(C(=O)NC23CC4CC(CC(C4)C2)C3)cc1)c1ccc(C(=O)NC23CC4CC(CC(C4)C2)C3)cc1. The predicted octanol–water partition coefficient (Wildman–Crippen LogP) is 6.16. The van der Waals surface area contributed by atoms with Crippen LogP contribution in [0.4, 0.5) is 0 Å². The van der Waals surface area contributed by atoms with Crippen molar-refractivity contribution in [1.29, 1.82) is 5.53 Å². The van der Waals surface area contributed by atoms with E-state index in [9.17, 15) is 9.59 Å². The number of hydrogen-bond donors (Lipinski definition) is 3. The molecule has 8 aliphatic rings. The summed E-state index contributed by atoms with van der Waals surface area (Å²) in [5.41, 5.74) is 11.3. The summed E-state index contributed by atoms with van der Waals surface area (Å²) in [6.45, 7) is 0. The predicted molar refractivity (Wildman–Crippen MR) is 156 cm³/mol. The van der Waals surface area contributed by atoms with Crippen molar-refractivity contribution < 1.29 is 14.4 Å². The smallest absolute Gasteiger partial charge is 0.347 e. The molecule has 0 spiro atoms. The van der Waals surface area contributed by atoms with Gasteiger partial charge in [-0.05, 0) is 161 Å². The van der Waals surface area contributed by atoms with E-state index in [0.717, 1.165) is 85.2 Å². The quantitative estimate of drug-likeness (QED) is 0.229. The van der Waals surface area contributed by atoms with Gasteiger partial charge in [0.1, 0.15) is 0 Å². The fourth-order valence-electron chi connectivity index (χ4n) is 11.0. The van der Waals surface area contributed by atoms with E-state index in [1.807, 2.05) is 48.5 Å². The van der Waals surface area contributed by atoms with Crippen molar-refractivity contribution in [3.63, 3.8) is 0 Å². The van der Waals surface area contributed by atoms with Crippen LogP contribution in [-0.4, -0.2) is 33.4 Å². The Balaban J connectivity index is 0.936. The Bertz CT molecular complexity index is 1260. The summed E-state index contributed by atoms with van der Waals surface area (Å²) >= 11 is 0. The van der Waals surface area contributed by atoms with Gasteiger partial charge in [0.15, 0.2) is 0 Å². The minimum absolute atomic E-state index is 0.0113. The molecule has 0 heterocycles. The van der Waals surface area contributed by atoms with Crippen LogP contribution in [0.25, 0.3) is 0 Å². The van der Waals surface area contributed by atoms with Crippen molar-refractivity contribution in [3.05, 3.63) is 70.8 Å². The third kappa shape index (κ3) is 4.55. The molecule has 8 aliphatic carbocycles. The zero-order chi connectivity index (χ0) is 27.8. The van der Waals surface area contributed by atoms with E-state index in [1.165, 1.54) is 38.5 Å². The van der Waals surface area contributed by atoms with E-state index in [1.54, 1.807) is 0 Å². The zero-order valence-corrected chi connectivity index (χ0v) is 23.8. The first kappa shape index (κ1) is 25.5. The largest absolute Gasteiger partial charge is 0.379 e. The van der Waals surface area contributed by atoms with Gasteiger partial charge in [0.05, 0.1) is 21.4 Å². The summed E-state index contributed by atoms with van der Waals surface area (Å²) in [6, 6.07) is 14.9. The Kier molecular flexibility index (Phi) is 5.83. The molecule has 6 heteroatoms. The number of hydrogen-bond acceptors (Lipinski definition) is 3. The third-order valence-electron chi connectivity index (χ3n) is 11.8. The number of carbonyl (C=O) groups excluding carboxylic acids is 2. The van der Waals surface area contributed by atoms with Gasteiger partial charge in [-0.25, -0.2) is 0 Å². The van der Waals surface area contributed by atoms with Crippen LogP contribution in [0.2, 0.25) is 0 Å². The maximum absolute atomic E-state index is 13.3. The van der Waals surface area contributed by atoms with Crippen molar-refractivity contribution in [2.75, 3.05) is 0 Å². The van der Waals surface area contributed by atoms with Crippen LogP contribution < -0.4 is 10.6 Å². The van der Waals surface area contributed by atoms with Gasteiger partial charge in [-0.1, -0.05) is 0 Å². The maximum atomic E-state index is 13.3. The molecule has 41 heavy (non-hydrogen) atoms. The van der Waals surface area contributed by atoms with Crippen molar-refractivity contribution in [2.45, 2.75) is 88.1 Å². The molecule has 2 aromatic rings. The van der Waals surface area contributed by atoms with E-state index >= 15 is 0 Å². The average Bonchev–Trinajstić information content (AvgIpc) is 2.92. The molecule has 8 fully saturated rings. The van der Waals surface area contributed by atoms with Gasteiger partial charge in [0.2, 0.25) is 0 Å². The van der Waals surface area contributed by atoms with Crippen molar-refractivity contribution >= 4 is 17.5 Å². The summed E-state index contributed by atoms with van der Waals surface area (Å²) in [5, 5.41) is 6.91. The zero-order valence-electron chi connectivity index (χ0n) is 23.8. The lowest BCUT2D eigenvalue weighted by molar-refractivity contribution is -0.117. The van der Waals surface area contributed by atoms with E-state index < -0.39 is 0 Å². The molecule has 212 valence electrons. The van der Waals surface area contributed by atoms with Crippen LogP contribution in [0.15, 0.2) is 48.5 Å². The Morgan fingerprint density at radius 3 is 1.07 bits per heavy atom. The normalized spacial score (nSPS) is 37.5. The molecule has 0 aromatic heterocycles. The molecule has 3 N–H and O–H groups in total. The first-order valence-corrected chi connectivity index (χ1v) is 16.0. The van der Waals surface area contributed by atoms with Gasteiger partial charge < -0.3 is 10.6 Å². The van der Waals surface area contributed by atoms with Crippen LogP contribution >= 0.6 is 0 Å². The maximum Gasteiger partial charge on any atom is 0.379 e. The van der Waals surface area contributed by atoms with Crippen molar-refractivity contribution in [1.82, 2.24) is 10.6 Å². The second kappa shape index (κ2) is 9.39. The molecule has 0 saturated heterocycles. The minimum atomic E-state index is -0.0119. The molecule has 10 rings (SSSR count). The Labute approximate surface area is 242 Å². The van der Waals surface area contributed by atoms with Crippen LogP contribution in [0, 0.1) is 41.0 Å². The van der Waals surface area contributed by atoms with Gasteiger partial charge in [-0.3, -0.25) is 9.59 Å². The van der Waals surface area contributed by atoms with Gasteiger partial charge in [-0.2, -0.15) is 0 Å². The molecular formula is C35H41N4O2+. The first-order valence-electron chi connectivity index (χ1n) is 16.0. The van der Waals surface area contributed by atoms with Gasteiger partial charge in [0, 0.05) is 22.2 Å². The number of carbonyl (C=O) groups is 2. The van der Waals surface area contributed by atoms with Gasteiger partial charge in [-0.15, -0.1) is 0 Å². The molecule has 0 aliphatic heterocycles. The van der Waals surface area contributed by atoms with Gasteiger partial charge in [0.25, 0.3) is 11.8 Å². The standard InChI is InChI=1S/C35H40N4O2/c36-39-31(27-1-5-29(6-2-27)32(40)37-34-15-21-9-22(16-34)11-23(10-21)17-34)28-3-7-30(8-4-28)33(41)38-35-18-24-12-25(19-35)14-26(13-24)20-35/h1-8,21-26,36H,9-20H2,(H-,37,38,40,41)/p+1. The molecule has 0 radical (unpaired) electrons. The van der Waals surface area contributed by atoms with Crippen LogP contribution in [0.3, 0.4) is 0 Å². The van der Waals surface area contributed by atoms with Gasteiger partial charge >= 0.3 is 5.71 Å². The number of nitrogens with one attached hydrogen (secondary N) is 3. The summed E-state index contributed by atoms with van der Waals surface area (Å²) in [5.74, 6) is 4.74. The first-order chi connectivity index (χ1) is 19.9. The highest BCUT2D eigenvalue weighted by Crippen LogP contribution is 2.56. The Hall–Kier alpha value is -3.24. The fraction of sp³-hybridized carbons (Fsp3) is 0.571. The van der Waals surface area contributed by atoms with E-state index in [2.05, 4.69) is 15.4 Å². The number of benzene rings is 2. The summed E-state index contributed by atoms with van der Waals surface area (Å²) < 4.78 is 0. The lowest BCUT2D eigenvalue weighted by Crippen LogP contribution is -2.59. The summed E-state index contributed by atoms with van der Waals surface area (Å²) in [7, 11) is 0. The van der Waals surface area contributed by atoms with E-state index in [4.69, 9.17) is 5.53 Å². The molecule has 8 saturated carbocycles. The monoisotopic (exact) mass is 549 g/mol.